The van der Waals surface area contributed by atoms with Gasteiger partial charge in [0.25, 0.3) is 21.5 Å². The first-order valence-electron chi connectivity index (χ1n) is 9.26. The highest BCUT2D eigenvalue weighted by Gasteiger charge is 2.41. The van der Waals surface area contributed by atoms with Crippen LogP contribution in [-0.2, 0) is 21.4 Å². The van der Waals surface area contributed by atoms with Crippen LogP contribution in [0.2, 0.25) is 0 Å². The number of pyridine rings is 1. The number of sulfonamides is 1. The Balaban J connectivity index is 1.90. The predicted octanol–water partition coefficient (Wildman–Crippen LogP) is 0.0551. The van der Waals surface area contributed by atoms with Crippen molar-refractivity contribution in [3.05, 3.63) is 45.8 Å². The lowest BCUT2D eigenvalue weighted by molar-refractivity contribution is -0.112. The molecule has 11 heteroatoms. The van der Waals surface area contributed by atoms with Crippen LogP contribution in [-0.4, -0.2) is 34.1 Å². The molecule has 2 aliphatic rings. The lowest BCUT2D eigenvalue weighted by Crippen LogP contribution is -2.46. The standard InChI is InChI=1S/C18H21N5O5S/c1-3-14(24)20-23-16(25)12-8-15(29(27,28)21-18(2)6-7-18)19-9-13(12)22(17(23)26)10-11-4-5-11/h3,8-9,11,21H,1,4-7,10H2,2H3,(H,20,24). The molecule has 154 valence electrons. The van der Waals surface area contributed by atoms with E-state index in [1.165, 1.54) is 10.8 Å². The van der Waals surface area contributed by atoms with Crippen molar-refractivity contribution in [3.63, 3.8) is 0 Å². The fraction of sp³-hybridized carbons (Fsp3) is 0.444. The van der Waals surface area contributed by atoms with E-state index in [2.05, 4.69) is 21.7 Å². The minimum Gasteiger partial charge on any atom is -0.290 e. The van der Waals surface area contributed by atoms with Gasteiger partial charge >= 0.3 is 5.69 Å². The number of nitrogens with zero attached hydrogens (tertiary/aromatic N) is 3. The van der Waals surface area contributed by atoms with Crippen LogP contribution in [0.1, 0.15) is 32.6 Å². The Bertz CT molecular complexity index is 1250. The molecule has 2 heterocycles. The van der Waals surface area contributed by atoms with E-state index in [-0.39, 0.29) is 21.8 Å². The smallest absolute Gasteiger partial charge is 0.290 e. The van der Waals surface area contributed by atoms with Crippen molar-refractivity contribution >= 4 is 26.8 Å². The van der Waals surface area contributed by atoms with E-state index < -0.39 is 32.7 Å². The summed E-state index contributed by atoms with van der Waals surface area (Å²) in [7, 11) is -3.94. The Morgan fingerprint density at radius 1 is 1.38 bits per heavy atom. The van der Waals surface area contributed by atoms with E-state index in [1.807, 2.05) is 0 Å². The van der Waals surface area contributed by atoms with Gasteiger partial charge in [-0.2, -0.15) is 4.68 Å². The van der Waals surface area contributed by atoms with Crippen LogP contribution in [0.25, 0.3) is 10.9 Å². The number of nitrogens with one attached hydrogen (secondary N) is 2. The lowest BCUT2D eigenvalue weighted by Gasteiger charge is -2.15. The Hall–Kier alpha value is -2.79. The number of fused-ring (bicyclic) bond motifs is 1. The minimum atomic E-state index is -3.94. The third kappa shape index (κ3) is 3.75. The van der Waals surface area contributed by atoms with Crippen LogP contribution in [0.4, 0.5) is 0 Å². The van der Waals surface area contributed by atoms with E-state index >= 15 is 0 Å². The molecule has 2 N–H and O–H groups in total. The van der Waals surface area contributed by atoms with Crippen LogP contribution >= 0.6 is 0 Å². The van der Waals surface area contributed by atoms with Crippen LogP contribution < -0.4 is 21.4 Å². The van der Waals surface area contributed by atoms with Crippen LogP contribution in [0.15, 0.2) is 39.5 Å². The maximum atomic E-state index is 12.9. The molecule has 2 aromatic rings. The molecule has 0 saturated heterocycles. The summed E-state index contributed by atoms with van der Waals surface area (Å²) in [6, 6.07) is 1.14. The Kier molecular flexibility index (Phi) is 4.46. The summed E-state index contributed by atoms with van der Waals surface area (Å²) in [4.78, 5) is 41.4. The van der Waals surface area contributed by atoms with Gasteiger partial charge in [0.05, 0.1) is 17.1 Å². The second-order valence-electron chi connectivity index (χ2n) is 7.86. The first-order valence-corrected chi connectivity index (χ1v) is 10.7. The number of carbonyl (C=O) groups is 1. The van der Waals surface area contributed by atoms with Crippen LogP contribution in [0, 0.1) is 5.92 Å². The molecule has 2 saturated carbocycles. The summed E-state index contributed by atoms with van der Waals surface area (Å²) in [5.74, 6) is -0.441. The van der Waals surface area contributed by atoms with E-state index in [4.69, 9.17) is 0 Å². The highest BCUT2D eigenvalue weighted by atomic mass is 32.2. The second kappa shape index (κ2) is 6.63. The molecule has 2 aromatic heterocycles. The van der Waals surface area contributed by atoms with Crippen molar-refractivity contribution in [1.82, 2.24) is 18.9 Å². The molecule has 0 spiro atoms. The molecular formula is C18H21N5O5S. The number of rotatable bonds is 7. The number of amides is 1. The fourth-order valence-corrected chi connectivity index (χ4v) is 4.47. The third-order valence-electron chi connectivity index (χ3n) is 5.21. The third-order valence-corrected chi connectivity index (χ3v) is 6.74. The first-order chi connectivity index (χ1) is 13.6. The van der Waals surface area contributed by atoms with Crippen molar-refractivity contribution < 1.29 is 13.2 Å². The molecule has 0 bridgehead atoms. The van der Waals surface area contributed by atoms with Crippen molar-refractivity contribution in [2.75, 3.05) is 5.43 Å². The van der Waals surface area contributed by atoms with Gasteiger partial charge in [0, 0.05) is 12.1 Å². The average molecular weight is 419 g/mol. The topological polar surface area (TPSA) is 132 Å². The van der Waals surface area contributed by atoms with Crippen molar-refractivity contribution in [1.29, 1.82) is 0 Å². The largest absolute Gasteiger partial charge is 0.350 e. The molecule has 1 amide bonds. The van der Waals surface area contributed by atoms with E-state index in [0.717, 1.165) is 37.8 Å². The zero-order valence-corrected chi connectivity index (χ0v) is 16.7. The van der Waals surface area contributed by atoms with Gasteiger partial charge < -0.3 is 0 Å². The number of hydrogen-bond donors (Lipinski definition) is 2. The van der Waals surface area contributed by atoms with Gasteiger partial charge in [-0.3, -0.25) is 19.6 Å². The van der Waals surface area contributed by atoms with Gasteiger partial charge in [0.15, 0.2) is 5.03 Å². The Morgan fingerprint density at radius 2 is 2.07 bits per heavy atom. The van der Waals surface area contributed by atoms with E-state index in [1.54, 1.807) is 6.92 Å². The van der Waals surface area contributed by atoms with Crippen LogP contribution in [0.5, 0.6) is 0 Å². The maximum absolute atomic E-state index is 12.9. The monoisotopic (exact) mass is 419 g/mol. The molecule has 2 aliphatic carbocycles. The second-order valence-corrected chi connectivity index (χ2v) is 9.49. The van der Waals surface area contributed by atoms with Gasteiger partial charge in [-0.15, -0.1) is 0 Å². The zero-order chi connectivity index (χ0) is 21.0. The van der Waals surface area contributed by atoms with Gasteiger partial charge in [-0.05, 0) is 50.7 Å². The van der Waals surface area contributed by atoms with Crippen molar-refractivity contribution in [3.8, 4) is 0 Å². The normalized spacial score (nSPS) is 17.8. The molecule has 0 unspecified atom stereocenters. The summed E-state index contributed by atoms with van der Waals surface area (Å²) in [5.41, 5.74) is 0.370. The van der Waals surface area contributed by atoms with Crippen LogP contribution in [0.3, 0.4) is 0 Å². The maximum Gasteiger partial charge on any atom is 0.350 e. The fourth-order valence-electron chi connectivity index (χ4n) is 3.05. The van der Waals surface area contributed by atoms with Gasteiger partial charge in [-0.25, -0.2) is 22.9 Å². The van der Waals surface area contributed by atoms with Crippen molar-refractivity contribution in [2.24, 2.45) is 5.92 Å². The molecular weight excluding hydrogens is 398 g/mol. The van der Waals surface area contributed by atoms with E-state index in [9.17, 15) is 22.8 Å². The summed E-state index contributed by atoms with van der Waals surface area (Å²) in [6.45, 7) is 5.45. The number of aromatic nitrogens is 3. The van der Waals surface area contributed by atoms with E-state index in [0.29, 0.717) is 11.2 Å². The minimum absolute atomic E-state index is 0.0223. The Labute approximate surface area is 166 Å². The molecule has 0 atom stereocenters. The quantitative estimate of drug-likeness (QED) is 0.610. The molecule has 0 radical (unpaired) electrons. The first kappa shape index (κ1) is 19.5. The van der Waals surface area contributed by atoms with Gasteiger partial charge in [0.1, 0.15) is 0 Å². The number of carbonyl (C=O) groups excluding carboxylic acids is 1. The molecule has 0 aromatic carbocycles. The molecule has 2 fully saturated rings. The summed E-state index contributed by atoms with van der Waals surface area (Å²) >= 11 is 0. The lowest BCUT2D eigenvalue weighted by atomic mass is 10.3. The highest BCUT2D eigenvalue weighted by Crippen LogP contribution is 2.36. The molecule has 10 nitrogen and oxygen atoms in total. The van der Waals surface area contributed by atoms with Crippen molar-refractivity contribution in [2.45, 2.75) is 49.7 Å². The molecule has 4 rings (SSSR count). The summed E-state index contributed by atoms with van der Waals surface area (Å²) < 4.78 is 29.8. The predicted molar refractivity (Wildman–Crippen MR) is 106 cm³/mol. The highest BCUT2D eigenvalue weighted by molar-refractivity contribution is 7.89. The zero-order valence-electron chi connectivity index (χ0n) is 15.8. The molecule has 29 heavy (non-hydrogen) atoms. The molecule has 0 aliphatic heterocycles. The number of hydrogen-bond acceptors (Lipinski definition) is 6. The van der Waals surface area contributed by atoms with Gasteiger partial charge in [-0.1, -0.05) is 6.58 Å². The summed E-state index contributed by atoms with van der Waals surface area (Å²) in [6.07, 6.45) is 5.51. The van der Waals surface area contributed by atoms with Gasteiger partial charge in [0.2, 0.25) is 0 Å². The summed E-state index contributed by atoms with van der Waals surface area (Å²) in [5, 5.41) is -0.334. The SMILES string of the molecule is C=CC(=O)Nn1c(=O)c2cc(S(=O)(=O)NC3(C)CC3)ncc2n(CC2CC2)c1=O. The Morgan fingerprint density at radius 3 is 2.66 bits per heavy atom. The average Bonchev–Trinajstić information content (AvgIpc) is 3.60.